The van der Waals surface area contributed by atoms with E-state index in [1.807, 2.05) is 54.6 Å². The summed E-state index contributed by atoms with van der Waals surface area (Å²) in [5.74, 6) is 0.531. The number of amides is 3. The molecule has 5 nitrogen and oxygen atoms in total. The Morgan fingerprint density at radius 2 is 1.78 bits per heavy atom. The van der Waals surface area contributed by atoms with E-state index in [1.165, 1.54) is 0 Å². The second-order valence-corrected chi connectivity index (χ2v) is 7.42. The summed E-state index contributed by atoms with van der Waals surface area (Å²) in [4.78, 5) is 24.3. The van der Waals surface area contributed by atoms with Gasteiger partial charge in [0.1, 0.15) is 0 Å². The summed E-state index contributed by atoms with van der Waals surface area (Å²) in [6, 6.07) is 17.3. The van der Waals surface area contributed by atoms with Gasteiger partial charge < -0.3 is 16.0 Å². The lowest BCUT2D eigenvalue weighted by Crippen LogP contribution is -2.39. The van der Waals surface area contributed by atoms with Gasteiger partial charge in [-0.2, -0.15) is 0 Å². The van der Waals surface area contributed by atoms with Crippen LogP contribution >= 0.6 is 0 Å². The van der Waals surface area contributed by atoms with E-state index in [2.05, 4.69) is 29.8 Å². The number of hydrogen-bond acceptors (Lipinski definition) is 2. The molecular formula is C22H27N3O2. The number of nitrogens with one attached hydrogen (secondary N) is 3. The van der Waals surface area contributed by atoms with Crippen LogP contribution in [0, 0.1) is 11.8 Å². The van der Waals surface area contributed by atoms with Crippen LogP contribution in [0.5, 0.6) is 0 Å². The molecule has 1 saturated carbocycles. The van der Waals surface area contributed by atoms with Gasteiger partial charge in [-0.05, 0) is 42.0 Å². The van der Waals surface area contributed by atoms with E-state index in [0.29, 0.717) is 6.54 Å². The lowest BCUT2D eigenvalue weighted by molar-refractivity contribution is -0.117. The van der Waals surface area contributed by atoms with E-state index < -0.39 is 0 Å². The summed E-state index contributed by atoms with van der Waals surface area (Å²) in [6.07, 6.45) is 1.96. The molecule has 2 aromatic carbocycles. The summed E-state index contributed by atoms with van der Waals surface area (Å²) in [7, 11) is 0. The van der Waals surface area contributed by atoms with Crippen molar-refractivity contribution in [2.24, 2.45) is 11.8 Å². The van der Waals surface area contributed by atoms with Crippen LogP contribution in [-0.2, 0) is 11.3 Å². The van der Waals surface area contributed by atoms with Gasteiger partial charge in [0.2, 0.25) is 5.91 Å². The van der Waals surface area contributed by atoms with Crippen LogP contribution in [0.3, 0.4) is 0 Å². The van der Waals surface area contributed by atoms with Crippen molar-refractivity contribution in [3.8, 4) is 0 Å². The lowest BCUT2D eigenvalue weighted by atomic mass is 9.96. The summed E-state index contributed by atoms with van der Waals surface area (Å²) in [5, 5.41) is 8.89. The van der Waals surface area contributed by atoms with Gasteiger partial charge in [0, 0.05) is 18.2 Å². The average molecular weight is 365 g/mol. The first-order valence-corrected chi connectivity index (χ1v) is 9.52. The number of rotatable bonds is 7. The number of carbonyl (C=O) groups is 2. The molecule has 1 aliphatic rings. The fraction of sp³-hybridized carbons (Fsp3) is 0.364. The van der Waals surface area contributed by atoms with Gasteiger partial charge in [-0.15, -0.1) is 0 Å². The van der Waals surface area contributed by atoms with Crippen molar-refractivity contribution in [3.05, 3.63) is 65.7 Å². The van der Waals surface area contributed by atoms with E-state index in [9.17, 15) is 9.59 Å². The molecule has 1 atom stereocenters. The molecule has 0 bridgehead atoms. The third-order valence-corrected chi connectivity index (χ3v) is 4.71. The van der Waals surface area contributed by atoms with Crippen LogP contribution in [0.15, 0.2) is 54.6 Å². The molecule has 1 unspecified atom stereocenters. The van der Waals surface area contributed by atoms with E-state index in [4.69, 9.17) is 0 Å². The fourth-order valence-electron chi connectivity index (χ4n) is 3.02. The van der Waals surface area contributed by atoms with E-state index in [0.717, 1.165) is 29.7 Å². The number of benzene rings is 2. The van der Waals surface area contributed by atoms with Crippen molar-refractivity contribution in [1.82, 2.24) is 10.6 Å². The zero-order chi connectivity index (χ0) is 19.2. The molecule has 1 fully saturated rings. The normalized spacial score (nSPS) is 14.5. The Balaban J connectivity index is 1.54. The van der Waals surface area contributed by atoms with Gasteiger partial charge in [-0.3, -0.25) is 4.79 Å². The van der Waals surface area contributed by atoms with Crippen molar-refractivity contribution in [2.45, 2.75) is 39.3 Å². The maximum absolute atomic E-state index is 12.4. The lowest BCUT2D eigenvalue weighted by Gasteiger charge is -2.23. The molecule has 2 aromatic rings. The molecule has 0 radical (unpaired) electrons. The summed E-state index contributed by atoms with van der Waals surface area (Å²) in [5.41, 5.74) is 2.81. The second-order valence-electron chi connectivity index (χ2n) is 7.42. The van der Waals surface area contributed by atoms with Crippen LogP contribution in [0.4, 0.5) is 10.5 Å². The molecule has 3 amide bonds. The smallest absolute Gasteiger partial charge is 0.315 e. The molecule has 0 aliphatic heterocycles. The fourth-order valence-corrected chi connectivity index (χ4v) is 3.02. The molecule has 0 aromatic heterocycles. The number of urea groups is 1. The highest BCUT2D eigenvalue weighted by Crippen LogP contribution is 2.30. The zero-order valence-corrected chi connectivity index (χ0v) is 15.9. The molecule has 5 heteroatoms. The first-order chi connectivity index (χ1) is 13.0. The van der Waals surface area contributed by atoms with Crippen LogP contribution in [-0.4, -0.2) is 11.9 Å². The first kappa shape index (κ1) is 19.0. The number of hydrogen-bond donors (Lipinski definition) is 3. The van der Waals surface area contributed by atoms with Gasteiger partial charge in [0.15, 0.2) is 0 Å². The maximum atomic E-state index is 12.4. The van der Waals surface area contributed by atoms with Crippen molar-refractivity contribution in [3.63, 3.8) is 0 Å². The van der Waals surface area contributed by atoms with Crippen molar-refractivity contribution in [1.29, 1.82) is 0 Å². The van der Waals surface area contributed by atoms with Gasteiger partial charge in [0.05, 0.1) is 6.04 Å². The van der Waals surface area contributed by atoms with Crippen molar-refractivity contribution >= 4 is 17.6 Å². The van der Waals surface area contributed by atoms with Crippen LogP contribution < -0.4 is 16.0 Å². The molecule has 27 heavy (non-hydrogen) atoms. The number of anilines is 1. The molecule has 0 spiro atoms. The third kappa shape index (κ3) is 5.58. The Morgan fingerprint density at radius 1 is 1.04 bits per heavy atom. The number of carbonyl (C=O) groups excluding carboxylic acids is 2. The first-order valence-electron chi connectivity index (χ1n) is 9.52. The highest BCUT2D eigenvalue weighted by Gasteiger charge is 2.29. The molecule has 3 N–H and O–H groups in total. The largest absolute Gasteiger partial charge is 0.334 e. The summed E-state index contributed by atoms with van der Waals surface area (Å²) >= 11 is 0. The Morgan fingerprint density at radius 3 is 2.44 bits per heavy atom. The average Bonchev–Trinajstić information content (AvgIpc) is 3.50. The third-order valence-electron chi connectivity index (χ3n) is 4.71. The Hall–Kier alpha value is -2.82. The predicted octanol–water partition coefficient (Wildman–Crippen LogP) is 4.23. The quantitative estimate of drug-likeness (QED) is 0.687. The predicted molar refractivity (Wildman–Crippen MR) is 107 cm³/mol. The highest BCUT2D eigenvalue weighted by molar-refractivity contribution is 5.94. The topological polar surface area (TPSA) is 70.2 Å². The zero-order valence-electron chi connectivity index (χ0n) is 15.9. The monoisotopic (exact) mass is 365 g/mol. The molecule has 0 saturated heterocycles. The Kier molecular flexibility index (Phi) is 6.12. The highest BCUT2D eigenvalue weighted by atomic mass is 16.2. The molecule has 0 heterocycles. The van der Waals surface area contributed by atoms with Gasteiger partial charge in [-0.25, -0.2) is 4.79 Å². The van der Waals surface area contributed by atoms with Crippen molar-refractivity contribution in [2.75, 3.05) is 5.32 Å². The van der Waals surface area contributed by atoms with E-state index in [-0.39, 0.29) is 29.8 Å². The van der Waals surface area contributed by atoms with Crippen molar-refractivity contribution < 1.29 is 9.59 Å². The van der Waals surface area contributed by atoms with Gasteiger partial charge in [0.25, 0.3) is 0 Å². The minimum absolute atomic E-state index is 0.0460. The maximum Gasteiger partial charge on any atom is 0.315 e. The summed E-state index contributed by atoms with van der Waals surface area (Å²) in [6.45, 7) is 4.58. The van der Waals surface area contributed by atoms with E-state index in [1.54, 1.807) is 0 Å². The summed E-state index contributed by atoms with van der Waals surface area (Å²) < 4.78 is 0. The molecule has 1 aliphatic carbocycles. The molecular weight excluding hydrogens is 338 g/mol. The molecule has 142 valence electrons. The Labute approximate surface area is 160 Å². The SMILES string of the molecule is CC(C)C(NC(=O)NCc1cccc(NC(=O)C2CC2)c1)c1ccccc1. The van der Waals surface area contributed by atoms with Crippen LogP contribution in [0.2, 0.25) is 0 Å². The van der Waals surface area contributed by atoms with Gasteiger partial charge in [-0.1, -0.05) is 56.3 Å². The van der Waals surface area contributed by atoms with Gasteiger partial charge >= 0.3 is 6.03 Å². The standard InChI is InChI=1S/C22H27N3O2/c1-15(2)20(17-8-4-3-5-9-17)25-22(27)23-14-16-7-6-10-19(13-16)24-21(26)18-11-12-18/h3-10,13,15,18,20H,11-12,14H2,1-2H3,(H,24,26)(H2,23,25,27). The van der Waals surface area contributed by atoms with Crippen LogP contribution in [0.1, 0.15) is 43.9 Å². The second kappa shape index (κ2) is 8.71. The minimum Gasteiger partial charge on any atom is -0.334 e. The Bertz CT molecular complexity index is 785. The molecule has 3 rings (SSSR count). The van der Waals surface area contributed by atoms with Crippen LogP contribution in [0.25, 0.3) is 0 Å². The minimum atomic E-state index is -0.204. The van der Waals surface area contributed by atoms with E-state index >= 15 is 0 Å².